The summed E-state index contributed by atoms with van der Waals surface area (Å²) in [6, 6.07) is 5.79. The molecule has 0 aliphatic heterocycles. The Morgan fingerprint density at radius 1 is 1.53 bits per heavy atom. The standard InChI is InChI=1S/C11H10BrNO2/c1-7-5-13(6-10(14)15)9-4-2-3-8(12)11(7)9/h2-5H,6H2,1H3,(H,14,15). The SMILES string of the molecule is Cc1cn(CC(=O)O)c2cccc(Br)c12. The molecule has 0 saturated carbocycles. The van der Waals surface area contributed by atoms with E-state index in [2.05, 4.69) is 15.9 Å². The third-order valence-corrected chi connectivity index (χ3v) is 3.01. The summed E-state index contributed by atoms with van der Waals surface area (Å²) in [6.45, 7) is 1.98. The largest absolute Gasteiger partial charge is 0.480 e. The van der Waals surface area contributed by atoms with Crippen LogP contribution < -0.4 is 0 Å². The molecule has 0 saturated heterocycles. The predicted octanol–water partition coefficient (Wildman–Crippen LogP) is 2.80. The van der Waals surface area contributed by atoms with Crippen molar-refractivity contribution >= 4 is 32.8 Å². The highest BCUT2D eigenvalue weighted by Crippen LogP contribution is 2.28. The molecular weight excluding hydrogens is 258 g/mol. The highest BCUT2D eigenvalue weighted by molar-refractivity contribution is 9.10. The lowest BCUT2D eigenvalue weighted by atomic mass is 10.2. The second-order valence-corrected chi connectivity index (χ2v) is 4.32. The molecule has 1 aromatic carbocycles. The highest BCUT2D eigenvalue weighted by Gasteiger charge is 2.09. The van der Waals surface area contributed by atoms with Crippen molar-refractivity contribution in [3.05, 3.63) is 34.4 Å². The van der Waals surface area contributed by atoms with Crippen LogP contribution in [0.25, 0.3) is 10.9 Å². The van der Waals surface area contributed by atoms with E-state index in [4.69, 9.17) is 5.11 Å². The first-order chi connectivity index (χ1) is 7.09. The lowest BCUT2D eigenvalue weighted by Crippen LogP contribution is -2.07. The highest BCUT2D eigenvalue weighted by atomic mass is 79.9. The molecule has 78 valence electrons. The Balaban J connectivity index is 2.68. The van der Waals surface area contributed by atoms with Gasteiger partial charge in [0.2, 0.25) is 0 Å². The van der Waals surface area contributed by atoms with Gasteiger partial charge >= 0.3 is 5.97 Å². The van der Waals surface area contributed by atoms with Crippen LogP contribution >= 0.6 is 15.9 Å². The van der Waals surface area contributed by atoms with Gasteiger partial charge in [0.25, 0.3) is 0 Å². The van der Waals surface area contributed by atoms with E-state index in [1.165, 1.54) is 0 Å². The van der Waals surface area contributed by atoms with Gasteiger partial charge in [-0.1, -0.05) is 22.0 Å². The maximum absolute atomic E-state index is 10.7. The number of rotatable bonds is 2. The van der Waals surface area contributed by atoms with Crippen LogP contribution in [0.2, 0.25) is 0 Å². The first-order valence-electron chi connectivity index (χ1n) is 4.55. The second kappa shape index (κ2) is 3.70. The van der Waals surface area contributed by atoms with E-state index in [0.29, 0.717) is 0 Å². The van der Waals surface area contributed by atoms with Crippen LogP contribution in [-0.2, 0) is 11.3 Å². The van der Waals surface area contributed by atoms with Gasteiger partial charge in [-0.25, -0.2) is 0 Å². The summed E-state index contributed by atoms with van der Waals surface area (Å²) < 4.78 is 2.75. The van der Waals surface area contributed by atoms with Gasteiger partial charge < -0.3 is 9.67 Å². The molecule has 0 bridgehead atoms. The molecule has 0 amide bonds. The first kappa shape index (κ1) is 10.2. The van der Waals surface area contributed by atoms with E-state index in [0.717, 1.165) is 20.9 Å². The van der Waals surface area contributed by atoms with Crippen molar-refractivity contribution < 1.29 is 9.90 Å². The molecule has 0 aliphatic rings. The van der Waals surface area contributed by atoms with E-state index in [-0.39, 0.29) is 6.54 Å². The van der Waals surface area contributed by atoms with E-state index in [1.54, 1.807) is 4.57 Å². The van der Waals surface area contributed by atoms with Crippen LogP contribution in [0.3, 0.4) is 0 Å². The van der Waals surface area contributed by atoms with Gasteiger partial charge in [0.1, 0.15) is 6.54 Å². The van der Waals surface area contributed by atoms with Crippen LogP contribution in [0, 0.1) is 6.92 Å². The Kier molecular flexibility index (Phi) is 2.52. The van der Waals surface area contributed by atoms with Gasteiger partial charge in [-0.2, -0.15) is 0 Å². The Bertz CT molecular complexity index is 531. The van der Waals surface area contributed by atoms with Gasteiger partial charge in [-0.15, -0.1) is 0 Å². The summed E-state index contributed by atoms with van der Waals surface area (Å²) in [5.74, 6) is -0.827. The summed E-state index contributed by atoms with van der Waals surface area (Å²) in [5.41, 5.74) is 2.03. The number of aryl methyl sites for hydroxylation is 1. The van der Waals surface area contributed by atoms with Crippen LogP contribution in [0.5, 0.6) is 0 Å². The molecule has 0 radical (unpaired) electrons. The number of aliphatic carboxylic acids is 1. The molecule has 1 aromatic heterocycles. The van der Waals surface area contributed by atoms with E-state index < -0.39 is 5.97 Å². The molecule has 1 N–H and O–H groups in total. The number of halogens is 1. The second-order valence-electron chi connectivity index (χ2n) is 3.47. The van der Waals surface area contributed by atoms with Crippen molar-refractivity contribution in [1.82, 2.24) is 4.57 Å². The number of carbonyl (C=O) groups is 1. The van der Waals surface area contributed by atoms with Gasteiger partial charge in [-0.05, 0) is 24.6 Å². The summed E-state index contributed by atoms with van der Waals surface area (Å²) >= 11 is 3.47. The molecule has 0 fully saturated rings. The topological polar surface area (TPSA) is 42.2 Å². The fourth-order valence-electron chi connectivity index (χ4n) is 1.79. The fourth-order valence-corrected chi connectivity index (χ4v) is 2.46. The van der Waals surface area contributed by atoms with E-state index in [1.807, 2.05) is 31.3 Å². The molecule has 3 nitrogen and oxygen atoms in total. The van der Waals surface area contributed by atoms with Gasteiger partial charge in [0.15, 0.2) is 0 Å². The quantitative estimate of drug-likeness (QED) is 0.909. The van der Waals surface area contributed by atoms with E-state index >= 15 is 0 Å². The van der Waals surface area contributed by atoms with Crippen molar-refractivity contribution in [2.45, 2.75) is 13.5 Å². The van der Waals surface area contributed by atoms with Gasteiger partial charge in [0, 0.05) is 21.6 Å². The van der Waals surface area contributed by atoms with Crippen molar-refractivity contribution in [2.24, 2.45) is 0 Å². The molecule has 15 heavy (non-hydrogen) atoms. The molecule has 0 atom stereocenters. The zero-order valence-electron chi connectivity index (χ0n) is 8.20. The monoisotopic (exact) mass is 267 g/mol. The average molecular weight is 268 g/mol. The Morgan fingerprint density at radius 2 is 2.27 bits per heavy atom. The minimum absolute atomic E-state index is 0.000787. The van der Waals surface area contributed by atoms with Crippen molar-refractivity contribution in [3.8, 4) is 0 Å². The van der Waals surface area contributed by atoms with Crippen molar-refractivity contribution in [3.63, 3.8) is 0 Å². The average Bonchev–Trinajstić information content (AvgIpc) is 2.44. The molecule has 0 aliphatic carbocycles. The summed E-state index contributed by atoms with van der Waals surface area (Å²) in [5, 5.41) is 9.85. The number of carboxylic acid groups (broad SMARTS) is 1. The number of carboxylic acids is 1. The van der Waals surface area contributed by atoms with Crippen LogP contribution in [0.15, 0.2) is 28.9 Å². The molecule has 2 rings (SSSR count). The maximum Gasteiger partial charge on any atom is 0.323 e. The molecule has 2 aromatic rings. The normalized spacial score (nSPS) is 10.8. The van der Waals surface area contributed by atoms with Crippen molar-refractivity contribution in [2.75, 3.05) is 0 Å². The molecule has 1 heterocycles. The number of hydrogen-bond donors (Lipinski definition) is 1. The third-order valence-electron chi connectivity index (χ3n) is 2.35. The number of fused-ring (bicyclic) bond motifs is 1. The third kappa shape index (κ3) is 1.77. The van der Waals surface area contributed by atoms with E-state index in [9.17, 15) is 4.79 Å². The molecule has 0 unspecified atom stereocenters. The number of aromatic nitrogens is 1. The lowest BCUT2D eigenvalue weighted by molar-refractivity contribution is -0.137. The molecular formula is C11H10BrNO2. The van der Waals surface area contributed by atoms with Crippen LogP contribution in [-0.4, -0.2) is 15.6 Å². The number of benzene rings is 1. The van der Waals surface area contributed by atoms with Gasteiger partial charge in [-0.3, -0.25) is 4.79 Å². The Hall–Kier alpha value is -1.29. The molecule has 0 spiro atoms. The lowest BCUT2D eigenvalue weighted by Gasteiger charge is -2.01. The summed E-state index contributed by atoms with van der Waals surface area (Å²) in [6.07, 6.45) is 1.86. The first-order valence-corrected chi connectivity index (χ1v) is 5.34. The number of nitrogens with zero attached hydrogens (tertiary/aromatic N) is 1. The number of hydrogen-bond acceptors (Lipinski definition) is 1. The Morgan fingerprint density at radius 3 is 2.93 bits per heavy atom. The summed E-state index contributed by atoms with van der Waals surface area (Å²) in [7, 11) is 0. The van der Waals surface area contributed by atoms with Crippen LogP contribution in [0.4, 0.5) is 0 Å². The minimum Gasteiger partial charge on any atom is -0.480 e. The predicted molar refractivity (Wildman–Crippen MR) is 62.0 cm³/mol. The van der Waals surface area contributed by atoms with Crippen LogP contribution in [0.1, 0.15) is 5.56 Å². The fraction of sp³-hybridized carbons (Fsp3) is 0.182. The van der Waals surface area contributed by atoms with Gasteiger partial charge in [0.05, 0.1) is 0 Å². The summed E-state index contributed by atoms with van der Waals surface area (Å²) in [4.78, 5) is 10.7. The zero-order chi connectivity index (χ0) is 11.0. The maximum atomic E-state index is 10.7. The minimum atomic E-state index is -0.827. The smallest absolute Gasteiger partial charge is 0.323 e. The Labute approximate surface area is 95.5 Å². The zero-order valence-corrected chi connectivity index (χ0v) is 9.78. The van der Waals surface area contributed by atoms with Crippen molar-refractivity contribution in [1.29, 1.82) is 0 Å². The molecule has 4 heteroatoms.